The third kappa shape index (κ3) is 3.17. The van der Waals surface area contributed by atoms with Gasteiger partial charge in [0.2, 0.25) is 5.95 Å². The van der Waals surface area contributed by atoms with Gasteiger partial charge in [0, 0.05) is 13.1 Å². The first kappa shape index (κ1) is 17.2. The molecule has 0 N–H and O–H groups in total. The standard InChI is InChI=1S/C20H19N3O4/c1-26-19(25)14-7-8-16-17(13-14)21-20(22-9-11-27-12-10-22)23(18(16)24)15-5-3-2-4-6-15/h2-8,13H,9-12H2,1H3. The van der Waals surface area contributed by atoms with Crippen LogP contribution in [-0.4, -0.2) is 48.9 Å². The molecule has 0 bridgehead atoms. The molecule has 0 atom stereocenters. The van der Waals surface area contributed by atoms with Crippen molar-refractivity contribution >= 4 is 22.8 Å². The smallest absolute Gasteiger partial charge is 0.337 e. The van der Waals surface area contributed by atoms with Crippen LogP contribution in [0, 0.1) is 0 Å². The number of aromatic nitrogens is 2. The summed E-state index contributed by atoms with van der Waals surface area (Å²) in [6, 6.07) is 14.2. The molecule has 4 rings (SSSR count). The minimum absolute atomic E-state index is 0.177. The fourth-order valence-electron chi connectivity index (χ4n) is 3.20. The van der Waals surface area contributed by atoms with Gasteiger partial charge in [-0.3, -0.25) is 4.79 Å². The summed E-state index contributed by atoms with van der Waals surface area (Å²) < 4.78 is 11.8. The van der Waals surface area contributed by atoms with Crippen LogP contribution in [0.3, 0.4) is 0 Å². The molecule has 2 aromatic carbocycles. The highest BCUT2D eigenvalue weighted by atomic mass is 16.5. The predicted octanol–water partition coefficient (Wildman–Crippen LogP) is 2.01. The van der Waals surface area contributed by atoms with Crippen molar-refractivity contribution in [3.8, 4) is 5.69 Å². The van der Waals surface area contributed by atoms with E-state index in [1.54, 1.807) is 22.8 Å². The van der Waals surface area contributed by atoms with Crippen LogP contribution in [0.5, 0.6) is 0 Å². The number of carbonyl (C=O) groups is 1. The Kier molecular flexibility index (Phi) is 4.60. The number of hydrogen-bond donors (Lipinski definition) is 0. The van der Waals surface area contributed by atoms with Gasteiger partial charge >= 0.3 is 5.97 Å². The molecule has 0 aliphatic carbocycles. The van der Waals surface area contributed by atoms with E-state index < -0.39 is 5.97 Å². The molecule has 0 radical (unpaired) electrons. The van der Waals surface area contributed by atoms with E-state index in [1.165, 1.54) is 7.11 Å². The molecule has 138 valence electrons. The van der Waals surface area contributed by atoms with E-state index in [0.29, 0.717) is 48.7 Å². The lowest BCUT2D eigenvalue weighted by Crippen LogP contribution is -2.40. The maximum Gasteiger partial charge on any atom is 0.337 e. The normalized spacial score (nSPS) is 14.3. The highest BCUT2D eigenvalue weighted by molar-refractivity contribution is 5.94. The number of hydrogen-bond acceptors (Lipinski definition) is 6. The zero-order valence-corrected chi connectivity index (χ0v) is 14.9. The first-order valence-electron chi connectivity index (χ1n) is 8.72. The SMILES string of the molecule is COC(=O)c1ccc2c(=O)n(-c3ccccc3)c(N3CCOCC3)nc2c1. The molecular weight excluding hydrogens is 346 g/mol. The number of fused-ring (bicyclic) bond motifs is 1. The summed E-state index contributed by atoms with van der Waals surface area (Å²) in [5, 5.41) is 0.448. The predicted molar refractivity (Wildman–Crippen MR) is 102 cm³/mol. The van der Waals surface area contributed by atoms with Crippen LogP contribution >= 0.6 is 0 Å². The number of nitrogens with zero attached hydrogens (tertiary/aromatic N) is 3. The van der Waals surface area contributed by atoms with Crippen molar-refractivity contribution in [1.82, 2.24) is 9.55 Å². The molecule has 1 aliphatic heterocycles. The monoisotopic (exact) mass is 365 g/mol. The molecule has 1 aliphatic rings. The Labute approximate surface area is 155 Å². The van der Waals surface area contributed by atoms with Gasteiger partial charge in [-0.15, -0.1) is 0 Å². The summed E-state index contributed by atoms with van der Waals surface area (Å²) in [4.78, 5) is 31.9. The second-order valence-electron chi connectivity index (χ2n) is 6.21. The Morgan fingerprint density at radius 1 is 1.11 bits per heavy atom. The van der Waals surface area contributed by atoms with E-state index in [9.17, 15) is 9.59 Å². The number of anilines is 1. The molecule has 1 aromatic heterocycles. The molecule has 0 amide bonds. The number of benzene rings is 2. The van der Waals surface area contributed by atoms with Crippen LogP contribution in [0.2, 0.25) is 0 Å². The van der Waals surface area contributed by atoms with Crippen molar-refractivity contribution in [3.05, 3.63) is 64.4 Å². The summed E-state index contributed by atoms with van der Waals surface area (Å²) >= 11 is 0. The summed E-state index contributed by atoms with van der Waals surface area (Å²) in [6.07, 6.45) is 0. The number of carbonyl (C=O) groups excluding carboxylic acids is 1. The fraction of sp³-hybridized carbons (Fsp3) is 0.250. The number of rotatable bonds is 3. The van der Waals surface area contributed by atoms with Crippen molar-refractivity contribution in [2.75, 3.05) is 38.3 Å². The van der Waals surface area contributed by atoms with Crippen molar-refractivity contribution in [2.24, 2.45) is 0 Å². The van der Waals surface area contributed by atoms with Crippen molar-refractivity contribution < 1.29 is 14.3 Å². The zero-order valence-electron chi connectivity index (χ0n) is 14.9. The minimum Gasteiger partial charge on any atom is -0.465 e. The molecular formula is C20H19N3O4. The molecule has 2 heterocycles. The van der Waals surface area contributed by atoms with E-state index in [4.69, 9.17) is 14.5 Å². The maximum absolute atomic E-state index is 13.3. The third-order valence-corrected chi connectivity index (χ3v) is 4.58. The summed E-state index contributed by atoms with van der Waals surface area (Å²) in [6.45, 7) is 2.43. The van der Waals surface area contributed by atoms with Gasteiger partial charge in [0.05, 0.1) is 42.5 Å². The number of esters is 1. The third-order valence-electron chi connectivity index (χ3n) is 4.58. The van der Waals surface area contributed by atoms with Crippen LogP contribution in [0.1, 0.15) is 10.4 Å². The number of ether oxygens (including phenoxy) is 2. The average molecular weight is 365 g/mol. The van der Waals surface area contributed by atoms with Gasteiger partial charge in [0.25, 0.3) is 5.56 Å². The van der Waals surface area contributed by atoms with Crippen LogP contribution in [0.25, 0.3) is 16.6 Å². The fourth-order valence-corrected chi connectivity index (χ4v) is 3.20. The summed E-state index contributed by atoms with van der Waals surface area (Å²) in [5.74, 6) is 0.0860. The van der Waals surface area contributed by atoms with Crippen LogP contribution in [0.4, 0.5) is 5.95 Å². The van der Waals surface area contributed by atoms with E-state index in [2.05, 4.69) is 0 Å². The maximum atomic E-state index is 13.3. The van der Waals surface area contributed by atoms with Gasteiger partial charge in [-0.25, -0.2) is 14.3 Å². The van der Waals surface area contributed by atoms with E-state index in [-0.39, 0.29) is 5.56 Å². The Balaban J connectivity index is 1.97. The minimum atomic E-state index is -0.459. The first-order chi connectivity index (χ1) is 13.2. The Morgan fingerprint density at radius 2 is 1.85 bits per heavy atom. The molecule has 1 fully saturated rings. The highest BCUT2D eigenvalue weighted by Crippen LogP contribution is 2.21. The second kappa shape index (κ2) is 7.20. The van der Waals surface area contributed by atoms with E-state index >= 15 is 0 Å². The zero-order chi connectivity index (χ0) is 18.8. The van der Waals surface area contributed by atoms with Gasteiger partial charge < -0.3 is 14.4 Å². The van der Waals surface area contributed by atoms with Gasteiger partial charge in [-0.05, 0) is 30.3 Å². The molecule has 27 heavy (non-hydrogen) atoms. The lowest BCUT2D eigenvalue weighted by atomic mass is 10.1. The van der Waals surface area contributed by atoms with Gasteiger partial charge in [-0.2, -0.15) is 0 Å². The van der Waals surface area contributed by atoms with E-state index in [1.807, 2.05) is 35.2 Å². The van der Waals surface area contributed by atoms with Crippen LogP contribution < -0.4 is 10.5 Å². The second-order valence-corrected chi connectivity index (χ2v) is 6.21. The Bertz CT molecular complexity index is 1040. The van der Waals surface area contributed by atoms with Crippen LogP contribution in [-0.2, 0) is 9.47 Å². The number of morpholine rings is 1. The van der Waals surface area contributed by atoms with E-state index in [0.717, 1.165) is 5.69 Å². The average Bonchev–Trinajstić information content (AvgIpc) is 2.74. The largest absolute Gasteiger partial charge is 0.465 e. The lowest BCUT2D eigenvalue weighted by molar-refractivity contribution is 0.0601. The molecule has 0 spiro atoms. The quantitative estimate of drug-likeness (QED) is 0.661. The van der Waals surface area contributed by atoms with Crippen molar-refractivity contribution in [3.63, 3.8) is 0 Å². The van der Waals surface area contributed by atoms with Crippen LogP contribution in [0.15, 0.2) is 53.3 Å². The topological polar surface area (TPSA) is 73.7 Å². The number of methoxy groups -OCH3 is 1. The Morgan fingerprint density at radius 3 is 2.56 bits per heavy atom. The highest BCUT2D eigenvalue weighted by Gasteiger charge is 2.21. The summed E-state index contributed by atoms with van der Waals surface area (Å²) in [5.41, 5.74) is 1.40. The molecule has 0 saturated carbocycles. The molecule has 3 aromatic rings. The van der Waals surface area contributed by atoms with Gasteiger partial charge in [0.15, 0.2) is 0 Å². The number of para-hydroxylation sites is 1. The van der Waals surface area contributed by atoms with Crippen molar-refractivity contribution in [1.29, 1.82) is 0 Å². The lowest BCUT2D eigenvalue weighted by Gasteiger charge is -2.30. The Hall–Kier alpha value is -3.19. The summed E-state index contributed by atoms with van der Waals surface area (Å²) in [7, 11) is 1.33. The first-order valence-corrected chi connectivity index (χ1v) is 8.72. The molecule has 1 saturated heterocycles. The van der Waals surface area contributed by atoms with Gasteiger partial charge in [0.1, 0.15) is 0 Å². The molecule has 0 unspecified atom stereocenters. The van der Waals surface area contributed by atoms with Gasteiger partial charge in [-0.1, -0.05) is 18.2 Å². The molecule has 7 heteroatoms. The molecule has 7 nitrogen and oxygen atoms in total. The van der Waals surface area contributed by atoms with Crippen molar-refractivity contribution in [2.45, 2.75) is 0 Å².